The highest BCUT2D eigenvalue weighted by atomic mass is 31.2. The zero-order chi connectivity index (χ0) is 24.6. The van der Waals surface area contributed by atoms with Gasteiger partial charge in [-0.2, -0.15) is 0 Å². The number of hydrogen-bond acceptors (Lipinski definition) is 4. The van der Waals surface area contributed by atoms with Crippen LogP contribution in [0, 0.1) is 23.7 Å². The third-order valence-electron chi connectivity index (χ3n) is 9.59. The van der Waals surface area contributed by atoms with Gasteiger partial charge < -0.3 is 18.4 Å². The minimum Gasteiger partial charge on any atom is -0.756 e. The Morgan fingerprint density at radius 1 is 0.800 bits per heavy atom. The first-order valence-corrected chi connectivity index (χ1v) is 16.5. The number of quaternary nitrogens is 1. The van der Waals surface area contributed by atoms with Crippen molar-refractivity contribution < 1.29 is 23.0 Å². The minimum atomic E-state index is -4.15. The Morgan fingerprint density at radius 3 is 1.97 bits per heavy atom. The molecule has 4 saturated carbocycles. The van der Waals surface area contributed by atoms with E-state index in [4.69, 9.17) is 9.05 Å². The van der Waals surface area contributed by atoms with Crippen LogP contribution in [0.25, 0.3) is 0 Å². The largest absolute Gasteiger partial charge is 0.756 e. The Labute approximate surface area is 215 Å². The third kappa shape index (κ3) is 8.95. The van der Waals surface area contributed by atoms with Gasteiger partial charge in [0.15, 0.2) is 0 Å². The first kappa shape index (κ1) is 27.8. The SMILES string of the molecule is C[N+]1(CCOP(=O)([O-])OCCCCCCCCCCC=C2C3CC4CC(C3)CC2C4)CCCCC1. The smallest absolute Gasteiger partial charge is 0.268 e. The zero-order valence-electron chi connectivity index (χ0n) is 22.5. The van der Waals surface area contributed by atoms with E-state index in [2.05, 4.69) is 13.1 Å². The molecule has 6 heteroatoms. The van der Waals surface area contributed by atoms with Gasteiger partial charge in [0.1, 0.15) is 13.2 Å². The van der Waals surface area contributed by atoms with Crippen LogP contribution in [0.5, 0.6) is 0 Å². The zero-order valence-corrected chi connectivity index (χ0v) is 23.4. The Balaban J connectivity index is 0.941. The van der Waals surface area contributed by atoms with E-state index in [-0.39, 0.29) is 13.2 Å². The molecule has 0 radical (unpaired) electrons. The number of allylic oxidation sites excluding steroid dienone is 2. The maximum absolute atomic E-state index is 12.0. The monoisotopic (exact) mass is 509 g/mol. The van der Waals surface area contributed by atoms with Crippen molar-refractivity contribution in [2.75, 3.05) is 39.9 Å². The number of likely N-dealkylation sites (N-methyl/N-ethyl adjacent to an activating group) is 1. The van der Waals surface area contributed by atoms with Crippen molar-refractivity contribution in [1.82, 2.24) is 0 Å². The number of likely N-dealkylation sites (tertiary alicyclic amines) is 1. The Morgan fingerprint density at radius 2 is 1.34 bits per heavy atom. The molecule has 0 amide bonds. The van der Waals surface area contributed by atoms with Crippen LogP contribution in [0.2, 0.25) is 0 Å². The Bertz CT molecular complexity index is 687. The summed E-state index contributed by atoms with van der Waals surface area (Å²) < 4.78 is 23.1. The molecule has 4 bridgehead atoms. The molecule has 1 atom stereocenters. The molecule has 5 rings (SSSR count). The van der Waals surface area contributed by atoms with E-state index in [0.717, 1.165) is 60.6 Å². The molecule has 5 fully saturated rings. The fourth-order valence-corrected chi connectivity index (χ4v) is 8.46. The van der Waals surface area contributed by atoms with E-state index >= 15 is 0 Å². The van der Waals surface area contributed by atoms with Gasteiger partial charge >= 0.3 is 0 Å². The molecule has 202 valence electrons. The van der Waals surface area contributed by atoms with Gasteiger partial charge in [0.25, 0.3) is 7.82 Å². The maximum atomic E-state index is 12.0. The summed E-state index contributed by atoms with van der Waals surface area (Å²) in [7, 11) is -1.96. The normalized spacial score (nSPS) is 31.0. The standard InChI is InChI=1S/C29H52NO4P/c1-30(15-11-9-12-16-30)17-19-34-35(31,32)33-18-13-8-6-4-2-3-5-7-10-14-29-27-21-25-20-26(23-27)24-28(29)22-25/h14,25-28H,2-13,15-24H2,1H3. The summed E-state index contributed by atoms with van der Waals surface area (Å²) in [5.41, 5.74) is 1.87. The highest BCUT2D eigenvalue weighted by Gasteiger charge is 2.44. The highest BCUT2D eigenvalue weighted by molar-refractivity contribution is 7.45. The second kappa shape index (κ2) is 13.6. The average molecular weight is 510 g/mol. The second-order valence-corrected chi connectivity index (χ2v) is 14.0. The van der Waals surface area contributed by atoms with Gasteiger partial charge in [-0.05, 0) is 94.3 Å². The van der Waals surface area contributed by atoms with Crippen molar-refractivity contribution in [3.8, 4) is 0 Å². The van der Waals surface area contributed by atoms with Crippen molar-refractivity contribution in [2.24, 2.45) is 23.7 Å². The molecule has 1 saturated heterocycles. The summed E-state index contributed by atoms with van der Waals surface area (Å²) in [6.07, 6.45) is 24.8. The van der Waals surface area contributed by atoms with Gasteiger partial charge in [-0.1, -0.05) is 50.2 Å². The highest BCUT2D eigenvalue weighted by Crippen LogP contribution is 2.56. The molecule has 1 unspecified atom stereocenters. The molecular weight excluding hydrogens is 457 g/mol. The van der Waals surface area contributed by atoms with Crippen molar-refractivity contribution in [1.29, 1.82) is 0 Å². The number of phosphoric acid groups is 1. The Hall–Kier alpha value is -0.190. The van der Waals surface area contributed by atoms with E-state index in [9.17, 15) is 9.46 Å². The first-order valence-electron chi connectivity index (χ1n) is 15.1. The molecule has 35 heavy (non-hydrogen) atoms. The van der Waals surface area contributed by atoms with Crippen molar-refractivity contribution in [3.05, 3.63) is 11.6 Å². The topological polar surface area (TPSA) is 58.6 Å². The van der Waals surface area contributed by atoms with Crippen molar-refractivity contribution in [2.45, 2.75) is 109 Å². The summed E-state index contributed by atoms with van der Waals surface area (Å²) in [4.78, 5) is 12.0. The predicted octanol–water partition coefficient (Wildman–Crippen LogP) is 7.01. The van der Waals surface area contributed by atoms with Gasteiger partial charge in [0.2, 0.25) is 0 Å². The van der Waals surface area contributed by atoms with Crippen LogP contribution >= 0.6 is 7.82 Å². The van der Waals surface area contributed by atoms with Gasteiger partial charge in [-0.3, -0.25) is 4.57 Å². The molecular formula is C29H52NO4P. The van der Waals surface area contributed by atoms with Gasteiger partial charge in [0, 0.05) is 0 Å². The number of nitrogens with zero attached hydrogens (tertiary/aromatic N) is 1. The Kier molecular flexibility index (Phi) is 10.8. The minimum absolute atomic E-state index is 0.233. The number of hydrogen-bond donors (Lipinski definition) is 0. The quantitative estimate of drug-likeness (QED) is 0.0972. The van der Waals surface area contributed by atoms with Crippen LogP contribution in [0.3, 0.4) is 0 Å². The second-order valence-electron chi connectivity index (χ2n) is 12.6. The fourth-order valence-electron chi connectivity index (χ4n) is 7.72. The summed E-state index contributed by atoms with van der Waals surface area (Å²) in [6.45, 7) is 3.47. The molecule has 5 aliphatic rings. The lowest BCUT2D eigenvalue weighted by Crippen LogP contribution is -2.49. The van der Waals surface area contributed by atoms with Crippen LogP contribution < -0.4 is 4.89 Å². The van der Waals surface area contributed by atoms with Gasteiger partial charge in [-0.25, -0.2) is 0 Å². The molecule has 5 nitrogen and oxygen atoms in total. The van der Waals surface area contributed by atoms with E-state index in [1.807, 2.05) is 5.57 Å². The average Bonchev–Trinajstić information content (AvgIpc) is 2.81. The number of piperidine rings is 1. The molecule has 0 aromatic heterocycles. The van der Waals surface area contributed by atoms with Crippen molar-refractivity contribution in [3.63, 3.8) is 0 Å². The number of phosphoric ester groups is 1. The summed E-state index contributed by atoms with van der Waals surface area (Å²) in [6, 6.07) is 0. The summed E-state index contributed by atoms with van der Waals surface area (Å²) >= 11 is 0. The van der Waals surface area contributed by atoms with Crippen LogP contribution in [0.1, 0.15) is 109 Å². The van der Waals surface area contributed by atoms with Crippen LogP contribution in [-0.4, -0.2) is 44.4 Å². The molecule has 0 spiro atoms. The number of rotatable bonds is 16. The van der Waals surface area contributed by atoms with Crippen LogP contribution in [0.15, 0.2) is 11.6 Å². The lowest BCUT2D eigenvalue weighted by molar-refractivity contribution is -0.914. The van der Waals surface area contributed by atoms with Gasteiger partial charge in [-0.15, -0.1) is 0 Å². The maximum Gasteiger partial charge on any atom is 0.268 e. The van der Waals surface area contributed by atoms with E-state index < -0.39 is 7.82 Å². The summed E-state index contributed by atoms with van der Waals surface area (Å²) in [5, 5.41) is 0. The molecule has 0 aromatic rings. The molecule has 0 N–H and O–H groups in total. The van der Waals surface area contributed by atoms with Crippen LogP contribution in [-0.2, 0) is 13.6 Å². The van der Waals surface area contributed by atoms with E-state index in [0.29, 0.717) is 0 Å². The predicted molar refractivity (Wildman–Crippen MR) is 141 cm³/mol. The molecule has 0 aromatic carbocycles. The van der Waals surface area contributed by atoms with E-state index in [1.54, 1.807) is 6.42 Å². The van der Waals surface area contributed by atoms with E-state index in [1.165, 1.54) is 89.9 Å². The summed E-state index contributed by atoms with van der Waals surface area (Å²) in [5.74, 6) is 4.06. The third-order valence-corrected chi connectivity index (χ3v) is 10.6. The molecule has 4 aliphatic carbocycles. The van der Waals surface area contributed by atoms with Crippen LogP contribution in [0.4, 0.5) is 0 Å². The van der Waals surface area contributed by atoms with Crippen molar-refractivity contribution >= 4 is 7.82 Å². The lowest BCUT2D eigenvalue weighted by Gasteiger charge is -2.51. The van der Waals surface area contributed by atoms with Gasteiger partial charge in [0.05, 0.1) is 26.7 Å². The fraction of sp³-hybridized carbons (Fsp3) is 0.931. The number of unbranched alkanes of at least 4 members (excludes halogenated alkanes) is 8. The molecule has 1 aliphatic heterocycles. The first-order chi connectivity index (χ1) is 16.9. The molecule has 1 heterocycles. The lowest BCUT2D eigenvalue weighted by atomic mass is 9.54.